The van der Waals surface area contributed by atoms with E-state index in [1.807, 2.05) is 23.5 Å². The Morgan fingerprint density at radius 2 is 2.05 bits per heavy atom. The molecule has 110 valence electrons. The Balaban J connectivity index is 1.70. The van der Waals surface area contributed by atoms with Crippen LogP contribution in [0.15, 0.2) is 35.7 Å². The molecule has 1 unspecified atom stereocenters. The zero-order chi connectivity index (χ0) is 14.8. The number of carbonyl (C=O) groups excluding carboxylic acids is 1. The van der Waals surface area contributed by atoms with Gasteiger partial charge in [-0.05, 0) is 42.3 Å². The number of carbonyl (C=O) groups is 1. The Bertz CT molecular complexity index is 629. The van der Waals surface area contributed by atoms with Crippen LogP contribution >= 0.6 is 11.3 Å². The first-order chi connectivity index (χ1) is 10.2. The van der Waals surface area contributed by atoms with Crippen molar-refractivity contribution in [1.82, 2.24) is 4.90 Å². The van der Waals surface area contributed by atoms with Crippen molar-refractivity contribution < 1.29 is 4.79 Å². The van der Waals surface area contributed by atoms with E-state index in [0.717, 1.165) is 24.9 Å². The molecule has 3 heteroatoms. The van der Waals surface area contributed by atoms with Crippen molar-refractivity contribution in [3.8, 4) is 0 Å². The summed E-state index contributed by atoms with van der Waals surface area (Å²) in [6.07, 6.45) is 2.08. The van der Waals surface area contributed by atoms with Gasteiger partial charge in [0.05, 0.1) is 6.54 Å². The molecule has 0 fully saturated rings. The number of thiophene rings is 1. The van der Waals surface area contributed by atoms with Gasteiger partial charge in [0.1, 0.15) is 0 Å². The van der Waals surface area contributed by atoms with Crippen LogP contribution in [0.4, 0.5) is 0 Å². The van der Waals surface area contributed by atoms with Crippen LogP contribution < -0.4 is 0 Å². The molecule has 0 aliphatic carbocycles. The second-order valence-electron chi connectivity index (χ2n) is 5.67. The van der Waals surface area contributed by atoms with Crippen LogP contribution in [0, 0.1) is 0 Å². The number of aryl methyl sites for hydroxylation is 1. The molecule has 1 aromatic carbocycles. The highest BCUT2D eigenvalue weighted by Gasteiger charge is 2.26. The van der Waals surface area contributed by atoms with Crippen molar-refractivity contribution in [3.63, 3.8) is 0 Å². The molecule has 21 heavy (non-hydrogen) atoms. The highest BCUT2D eigenvalue weighted by molar-refractivity contribution is 7.10. The molecule has 0 saturated carbocycles. The van der Waals surface area contributed by atoms with Crippen molar-refractivity contribution >= 4 is 17.1 Å². The summed E-state index contributed by atoms with van der Waals surface area (Å²) in [5.74, 6) is 0.225. The maximum Gasteiger partial charge on any atom is 0.176 e. The molecule has 3 rings (SSSR count). The van der Waals surface area contributed by atoms with Gasteiger partial charge in [-0.2, -0.15) is 0 Å². The van der Waals surface area contributed by atoms with Gasteiger partial charge in [-0.1, -0.05) is 31.2 Å². The number of fused-ring (bicyclic) bond motifs is 1. The van der Waals surface area contributed by atoms with E-state index in [-0.39, 0.29) is 5.78 Å². The minimum absolute atomic E-state index is 0.225. The van der Waals surface area contributed by atoms with E-state index >= 15 is 0 Å². The Morgan fingerprint density at radius 3 is 2.76 bits per heavy atom. The van der Waals surface area contributed by atoms with Crippen molar-refractivity contribution in [3.05, 3.63) is 57.3 Å². The monoisotopic (exact) mass is 299 g/mol. The molecular formula is C18H21NOS. The lowest BCUT2D eigenvalue weighted by Crippen LogP contribution is -2.37. The van der Waals surface area contributed by atoms with E-state index in [2.05, 4.69) is 42.3 Å². The van der Waals surface area contributed by atoms with Gasteiger partial charge >= 0.3 is 0 Å². The number of hydrogen-bond donors (Lipinski definition) is 0. The predicted octanol–water partition coefficient (Wildman–Crippen LogP) is 4.11. The summed E-state index contributed by atoms with van der Waals surface area (Å²) < 4.78 is 0. The van der Waals surface area contributed by atoms with Crippen molar-refractivity contribution in [2.45, 2.75) is 32.7 Å². The predicted molar refractivity (Wildman–Crippen MR) is 88.2 cm³/mol. The van der Waals surface area contributed by atoms with Crippen molar-refractivity contribution in [2.75, 3.05) is 13.1 Å². The van der Waals surface area contributed by atoms with Crippen LogP contribution in [0.1, 0.15) is 46.3 Å². The Morgan fingerprint density at radius 1 is 1.29 bits per heavy atom. The number of hydrogen-bond acceptors (Lipinski definition) is 3. The summed E-state index contributed by atoms with van der Waals surface area (Å²) in [4.78, 5) is 16.3. The fraction of sp³-hybridized carbons (Fsp3) is 0.389. The van der Waals surface area contributed by atoms with E-state index in [9.17, 15) is 4.79 Å². The minimum Gasteiger partial charge on any atom is -0.293 e. The van der Waals surface area contributed by atoms with Crippen LogP contribution in [0.25, 0.3) is 0 Å². The van der Waals surface area contributed by atoms with Crippen LogP contribution in [-0.2, 0) is 12.8 Å². The highest BCUT2D eigenvalue weighted by Crippen LogP contribution is 2.32. The van der Waals surface area contributed by atoms with Gasteiger partial charge in [-0.15, -0.1) is 11.3 Å². The van der Waals surface area contributed by atoms with Crippen LogP contribution in [0.3, 0.4) is 0 Å². The van der Waals surface area contributed by atoms with Gasteiger partial charge in [0.2, 0.25) is 0 Å². The summed E-state index contributed by atoms with van der Waals surface area (Å²) >= 11 is 1.84. The fourth-order valence-corrected chi connectivity index (χ4v) is 3.94. The average molecular weight is 299 g/mol. The Labute approximate surface area is 130 Å². The third kappa shape index (κ3) is 2.94. The molecule has 1 aromatic heterocycles. The molecular weight excluding hydrogens is 278 g/mol. The minimum atomic E-state index is 0.225. The SMILES string of the molecule is CCc1ccc(C(=O)CN2CCc3sccc3C2C)cc1. The van der Waals surface area contributed by atoms with E-state index in [0.29, 0.717) is 12.6 Å². The summed E-state index contributed by atoms with van der Waals surface area (Å²) in [7, 11) is 0. The molecule has 1 aliphatic heterocycles. The number of rotatable bonds is 4. The number of nitrogens with zero attached hydrogens (tertiary/aromatic N) is 1. The molecule has 0 radical (unpaired) electrons. The maximum absolute atomic E-state index is 12.5. The summed E-state index contributed by atoms with van der Waals surface area (Å²) in [5.41, 5.74) is 3.51. The molecule has 0 bridgehead atoms. The van der Waals surface area contributed by atoms with Crippen LogP contribution in [-0.4, -0.2) is 23.8 Å². The van der Waals surface area contributed by atoms with Gasteiger partial charge in [0.15, 0.2) is 5.78 Å². The summed E-state index contributed by atoms with van der Waals surface area (Å²) in [5, 5.41) is 2.16. The van der Waals surface area contributed by atoms with Crippen molar-refractivity contribution in [2.24, 2.45) is 0 Å². The molecule has 0 N–H and O–H groups in total. The quantitative estimate of drug-likeness (QED) is 0.792. The topological polar surface area (TPSA) is 20.3 Å². The number of ketones is 1. The standard InChI is InChI=1S/C18H21NOS/c1-3-14-4-6-15(7-5-14)17(20)12-19-10-8-18-16(13(19)2)9-11-21-18/h4-7,9,11,13H,3,8,10,12H2,1-2H3. The van der Waals surface area contributed by atoms with Crippen molar-refractivity contribution in [1.29, 1.82) is 0 Å². The van der Waals surface area contributed by atoms with Gasteiger partial charge in [-0.25, -0.2) is 0 Å². The Kier molecular flexibility index (Phi) is 4.22. The van der Waals surface area contributed by atoms with E-state index < -0.39 is 0 Å². The first-order valence-corrected chi connectivity index (χ1v) is 8.49. The highest BCUT2D eigenvalue weighted by atomic mass is 32.1. The average Bonchev–Trinajstić information content (AvgIpc) is 2.99. The second kappa shape index (κ2) is 6.12. The van der Waals surface area contributed by atoms with Gasteiger partial charge in [-0.3, -0.25) is 9.69 Å². The number of Topliss-reactive ketones (excluding diaryl/α,β-unsaturated/α-hetero) is 1. The first kappa shape index (κ1) is 14.5. The third-order valence-electron chi connectivity index (χ3n) is 4.43. The van der Waals surface area contributed by atoms with Crippen LogP contribution in [0.2, 0.25) is 0 Å². The van der Waals surface area contributed by atoms with E-state index in [4.69, 9.17) is 0 Å². The lowest BCUT2D eigenvalue weighted by Gasteiger charge is -2.32. The fourth-order valence-electron chi connectivity index (χ4n) is 2.98. The second-order valence-corrected chi connectivity index (χ2v) is 6.67. The lowest BCUT2D eigenvalue weighted by atomic mass is 10.00. The van der Waals surface area contributed by atoms with Crippen LogP contribution in [0.5, 0.6) is 0 Å². The molecule has 2 heterocycles. The summed E-state index contributed by atoms with van der Waals surface area (Å²) in [6, 6.07) is 10.6. The largest absolute Gasteiger partial charge is 0.293 e. The lowest BCUT2D eigenvalue weighted by molar-refractivity contribution is 0.0891. The Hall–Kier alpha value is -1.45. The normalized spacial score (nSPS) is 18.5. The third-order valence-corrected chi connectivity index (χ3v) is 5.43. The zero-order valence-electron chi connectivity index (χ0n) is 12.6. The molecule has 2 aromatic rings. The molecule has 1 aliphatic rings. The smallest absolute Gasteiger partial charge is 0.176 e. The molecule has 0 saturated heterocycles. The summed E-state index contributed by atoms with van der Waals surface area (Å²) in [6.45, 7) is 5.83. The zero-order valence-corrected chi connectivity index (χ0v) is 13.5. The molecule has 2 nitrogen and oxygen atoms in total. The van der Waals surface area contributed by atoms with E-state index in [1.54, 1.807) is 0 Å². The molecule has 0 spiro atoms. The van der Waals surface area contributed by atoms with Gasteiger partial charge in [0, 0.05) is 23.0 Å². The number of benzene rings is 1. The first-order valence-electron chi connectivity index (χ1n) is 7.61. The van der Waals surface area contributed by atoms with Gasteiger partial charge in [0.25, 0.3) is 0 Å². The maximum atomic E-state index is 12.5. The van der Waals surface area contributed by atoms with Gasteiger partial charge < -0.3 is 0 Å². The molecule has 0 amide bonds. The van der Waals surface area contributed by atoms with E-state index in [1.165, 1.54) is 16.0 Å². The molecule has 1 atom stereocenters.